The molecule has 4 rings (SSSR count). The molecule has 0 bridgehead atoms. The number of phenols is 1. The molecule has 6 nitrogen and oxygen atoms in total. The van der Waals surface area contributed by atoms with Gasteiger partial charge in [-0.25, -0.2) is 0 Å². The molecule has 2 heterocycles. The van der Waals surface area contributed by atoms with E-state index in [9.17, 15) is 5.11 Å². The van der Waals surface area contributed by atoms with Crippen molar-refractivity contribution in [2.45, 2.75) is 33.0 Å². The van der Waals surface area contributed by atoms with Gasteiger partial charge >= 0.3 is 0 Å². The predicted molar refractivity (Wildman–Crippen MR) is 126 cm³/mol. The van der Waals surface area contributed by atoms with Crippen LogP contribution in [-0.2, 0) is 4.74 Å². The number of aromatic hydroxyl groups is 1. The number of rotatable bonds is 6. The van der Waals surface area contributed by atoms with Gasteiger partial charge in [-0.3, -0.25) is 10.00 Å². The van der Waals surface area contributed by atoms with Crippen LogP contribution in [0.2, 0.25) is 0 Å². The second kappa shape index (κ2) is 9.42. The zero-order valence-electron chi connectivity index (χ0n) is 18.1. The van der Waals surface area contributed by atoms with Crippen LogP contribution in [0.1, 0.15) is 19.5 Å². The van der Waals surface area contributed by atoms with Crippen molar-refractivity contribution in [3.05, 3.63) is 52.6 Å². The topological polar surface area (TPSA) is 70.6 Å². The average Bonchev–Trinajstić information content (AvgIpc) is 3.09. The van der Waals surface area contributed by atoms with Gasteiger partial charge in [-0.1, -0.05) is 28.1 Å². The van der Waals surface area contributed by atoms with Gasteiger partial charge in [-0.15, -0.1) is 0 Å². The molecule has 2 aromatic carbocycles. The van der Waals surface area contributed by atoms with Gasteiger partial charge in [0, 0.05) is 47.0 Å². The number of ether oxygens (including phenoxy) is 2. The molecule has 2 atom stereocenters. The molecule has 0 aliphatic carbocycles. The summed E-state index contributed by atoms with van der Waals surface area (Å²) in [5.74, 6) is 0.795. The zero-order chi connectivity index (χ0) is 22.0. The molecule has 3 aromatic rings. The van der Waals surface area contributed by atoms with E-state index in [0.29, 0.717) is 17.9 Å². The highest BCUT2D eigenvalue weighted by Gasteiger charge is 2.22. The third-order valence-corrected chi connectivity index (χ3v) is 6.00. The summed E-state index contributed by atoms with van der Waals surface area (Å²) < 4.78 is 12.7. The molecule has 0 saturated carbocycles. The van der Waals surface area contributed by atoms with Crippen molar-refractivity contribution < 1.29 is 14.6 Å². The number of nitrogens with zero attached hydrogens (tertiary/aromatic N) is 2. The van der Waals surface area contributed by atoms with Gasteiger partial charge in [0.15, 0.2) is 0 Å². The fourth-order valence-corrected chi connectivity index (χ4v) is 4.42. The van der Waals surface area contributed by atoms with Gasteiger partial charge in [0.2, 0.25) is 0 Å². The molecule has 1 aromatic heterocycles. The molecular formula is C24H28BrN3O3. The normalized spacial score (nSPS) is 19.5. The second-order valence-electron chi connectivity index (χ2n) is 8.12. The lowest BCUT2D eigenvalue weighted by Crippen LogP contribution is -2.46. The maximum atomic E-state index is 10.7. The lowest BCUT2D eigenvalue weighted by molar-refractivity contribution is -0.0699. The number of hydrogen-bond donors (Lipinski definition) is 2. The highest BCUT2D eigenvalue weighted by atomic mass is 79.9. The molecule has 0 amide bonds. The van der Waals surface area contributed by atoms with Crippen molar-refractivity contribution in [1.29, 1.82) is 0 Å². The first kappa shape index (κ1) is 21.9. The quantitative estimate of drug-likeness (QED) is 0.513. The number of benzene rings is 2. The lowest BCUT2D eigenvalue weighted by atomic mass is 9.99. The van der Waals surface area contributed by atoms with E-state index in [1.807, 2.05) is 43.3 Å². The Hall–Kier alpha value is -2.35. The predicted octanol–water partition coefficient (Wildman–Crippen LogP) is 5.01. The Morgan fingerprint density at radius 3 is 2.55 bits per heavy atom. The fraction of sp³-hybridized carbons (Fsp3) is 0.375. The smallest absolute Gasteiger partial charge is 0.128 e. The molecule has 1 saturated heterocycles. The van der Waals surface area contributed by atoms with Crippen molar-refractivity contribution in [3.63, 3.8) is 0 Å². The van der Waals surface area contributed by atoms with Crippen LogP contribution in [0.5, 0.6) is 11.5 Å². The monoisotopic (exact) mass is 485 g/mol. The van der Waals surface area contributed by atoms with Crippen LogP contribution in [0, 0.1) is 6.92 Å². The average molecular weight is 486 g/mol. The largest absolute Gasteiger partial charge is 0.507 e. The summed E-state index contributed by atoms with van der Waals surface area (Å²) >= 11 is 3.48. The third-order valence-electron chi connectivity index (χ3n) is 5.48. The van der Waals surface area contributed by atoms with Crippen LogP contribution in [0.15, 0.2) is 46.9 Å². The number of H-pyrrole nitrogens is 1. The molecular weight excluding hydrogens is 458 g/mol. The summed E-state index contributed by atoms with van der Waals surface area (Å²) in [6.07, 6.45) is 0.480. The Balaban J connectivity index is 1.47. The molecule has 1 aliphatic rings. The summed E-state index contributed by atoms with van der Waals surface area (Å²) in [5, 5.41) is 18.2. The maximum Gasteiger partial charge on any atom is 0.128 e. The third kappa shape index (κ3) is 5.11. The number of morpholine rings is 1. The summed E-state index contributed by atoms with van der Waals surface area (Å²) in [6.45, 7) is 9.38. The van der Waals surface area contributed by atoms with Gasteiger partial charge in [-0.05, 0) is 50.6 Å². The minimum absolute atomic E-state index is 0.149. The van der Waals surface area contributed by atoms with Gasteiger partial charge < -0.3 is 14.6 Å². The van der Waals surface area contributed by atoms with Crippen LogP contribution in [0.3, 0.4) is 0 Å². The van der Waals surface area contributed by atoms with Crippen molar-refractivity contribution in [2.75, 3.05) is 26.2 Å². The maximum absolute atomic E-state index is 10.7. The van der Waals surface area contributed by atoms with E-state index in [4.69, 9.17) is 9.47 Å². The highest BCUT2D eigenvalue weighted by Crippen LogP contribution is 2.38. The lowest BCUT2D eigenvalue weighted by Gasteiger charge is -2.35. The second-order valence-corrected chi connectivity index (χ2v) is 9.04. The Morgan fingerprint density at radius 1 is 1.16 bits per heavy atom. The molecule has 2 N–H and O–H groups in total. The van der Waals surface area contributed by atoms with Gasteiger partial charge in [0.1, 0.15) is 23.8 Å². The number of halogens is 1. The van der Waals surface area contributed by atoms with Gasteiger partial charge in [0.25, 0.3) is 0 Å². The van der Waals surface area contributed by atoms with Crippen LogP contribution < -0.4 is 4.74 Å². The molecule has 31 heavy (non-hydrogen) atoms. The van der Waals surface area contributed by atoms with Crippen LogP contribution in [0.4, 0.5) is 0 Å². The molecule has 1 aliphatic heterocycles. The van der Waals surface area contributed by atoms with Crippen molar-refractivity contribution in [2.24, 2.45) is 0 Å². The number of hydrogen-bond acceptors (Lipinski definition) is 5. The molecule has 0 radical (unpaired) electrons. The Kier molecular flexibility index (Phi) is 6.65. The molecule has 0 unspecified atom stereocenters. The Bertz CT molecular complexity index is 1030. The first-order chi connectivity index (χ1) is 14.9. The van der Waals surface area contributed by atoms with E-state index >= 15 is 0 Å². The minimum Gasteiger partial charge on any atom is -0.507 e. The summed E-state index contributed by atoms with van der Waals surface area (Å²) in [7, 11) is 0. The SMILES string of the molecule is Cc1[nH]nc(-c2ccc(OCCN3C[C@H](C)O[C@@H](C)C3)cc2O)c1-c1ccc(Br)cc1. The van der Waals surface area contributed by atoms with E-state index in [0.717, 1.165) is 46.6 Å². The number of aromatic nitrogens is 2. The van der Waals surface area contributed by atoms with E-state index < -0.39 is 0 Å². The van der Waals surface area contributed by atoms with Crippen LogP contribution in [0.25, 0.3) is 22.4 Å². The van der Waals surface area contributed by atoms with Gasteiger partial charge in [-0.2, -0.15) is 5.10 Å². The van der Waals surface area contributed by atoms with Crippen molar-refractivity contribution >= 4 is 15.9 Å². The Morgan fingerprint density at radius 2 is 1.87 bits per heavy atom. The molecule has 1 fully saturated rings. The summed E-state index contributed by atoms with van der Waals surface area (Å²) in [6, 6.07) is 13.5. The van der Waals surface area contributed by atoms with Crippen LogP contribution in [-0.4, -0.2) is 58.7 Å². The summed E-state index contributed by atoms with van der Waals surface area (Å²) in [5.41, 5.74) is 4.36. The van der Waals surface area contributed by atoms with Crippen molar-refractivity contribution in [1.82, 2.24) is 15.1 Å². The standard InChI is InChI=1S/C24H28BrN3O3/c1-15-13-28(14-16(2)31-15)10-11-30-20-8-9-21(22(29)12-20)24-23(17(3)26-27-24)18-4-6-19(25)7-5-18/h4-9,12,15-16,29H,10-11,13-14H2,1-3H3,(H,26,27)/t15-,16-/m0/s1. The number of nitrogens with one attached hydrogen (secondary N) is 1. The van der Waals surface area contributed by atoms with Crippen LogP contribution >= 0.6 is 15.9 Å². The zero-order valence-corrected chi connectivity index (χ0v) is 19.6. The number of phenolic OH excluding ortho intramolecular Hbond substituents is 1. The van der Waals surface area contributed by atoms with E-state index in [1.165, 1.54) is 0 Å². The minimum atomic E-state index is 0.149. The number of aryl methyl sites for hydroxylation is 1. The summed E-state index contributed by atoms with van der Waals surface area (Å²) in [4.78, 5) is 2.35. The molecule has 0 spiro atoms. The van der Waals surface area contributed by atoms with Gasteiger partial charge in [0.05, 0.1) is 12.2 Å². The van der Waals surface area contributed by atoms with E-state index in [2.05, 4.69) is 44.9 Å². The first-order valence-electron chi connectivity index (χ1n) is 10.6. The molecule has 164 valence electrons. The highest BCUT2D eigenvalue weighted by molar-refractivity contribution is 9.10. The first-order valence-corrected chi connectivity index (χ1v) is 11.3. The number of aromatic amines is 1. The molecule has 7 heteroatoms. The van der Waals surface area contributed by atoms with Crippen molar-refractivity contribution in [3.8, 4) is 33.9 Å². The Labute approximate surface area is 191 Å². The van der Waals surface area contributed by atoms with E-state index in [1.54, 1.807) is 6.07 Å². The fourth-order valence-electron chi connectivity index (χ4n) is 4.15. The van der Waals surface area contributed by atoms with E-state index in [-0.39, 0.29) is 18.0 Å².